The molecule has 1 aliphatic rings. The van der Waals surface area contributed by atoms with Gasteiger partial charge in [0.15, 0.2) is 0 Å². The first-order valence-electron chi connectivity index (χ1n) is 10.6. The van der Waals surface area contributed by atoms with Crippen molar-refractivity contribution >= 4 is 25.5 Å². The van der Waals surface area contributed by atoms with Crippen molar-refractivity contribution < 1.29 is 4.52 Å². The van der Waals surface area contributed by atoms with Crippen LogP contribution in [0, 0.1) is 0 Å². The predicted molar refractivity (Wildman–Crippen MR) is 132 cm³/mol. The van der Waals surface area contributed by atoms with Crippen LogP contribution in [-0.4, -0.2) is 25.7 Å². The largest absolute Gasteiger partial charge is 0.370 e. The molecule has 0 aromatic heterocycles. The van der Waals surface area contributed by atoms with Gasteiger partial charge >= 0.3 is 0 Å². The van der Waals surface area contributed by atoms with Gasteiger partial charge in [-0.3, -0.25) is 0 Å². The molecule has 3 aromatic carbocycles. The summed E-state index contributed by atoms with van der Waals surface area (Å²) in [5, 5.41) is 6.64. The highest BCUT2D eigenvalue weighted by molar-refractivity contribution is 7.56. The number of para-hydroxylation sites is 3. The summed E-state index contributed by atoms with van der Waals surface area (Å²) in [6.45, 7) is 8.74. The van der Waals surface area contributed by atoms with Gasteiger partial charge in [0, 0.05) is 36.7 Å². The summed E-state index contributed by atoms with van der Waals surface area (Å²) < 4.78 is 11.4. The van der Waals surface area contributed by atoms with Crippen LogP contribution in [0.25, 0.3) is 0 Å². The lowest BCUT2D eigenvalue weighted by atomic mass is 10.3. The second-order valence-electron chi connectivity index (χ2n) is 7.44. The minimum absolute atomic E-state index is 0.0101. The fourth-order valence-electron chi connectivity index (χ4n) is 3.47. The molecular formula is C25H29N4OP. The quantitative estimate of drug-likeness (QED) is 0.417. The van der Waals surface area contributed by atoms with Crippen LogP contribution in [0.2, 0.25) is 0 Å². The Morgan fingerprint density at radius 1 is 0.871 bits per heavy atom. The van der Waals surface area contributed by atoms with Gasteiger partial charge in [0.2, 0.25) is 8.45 Å². The summed E-state index contributed by atoms with van der Waals surface area (Å²) in [6, 6.07) is 31.1. The van der Waals surface area contributed by atoms with E-state index in [-0.39, 0.29) is 6.10 Å². The first kappa shape index (κ1) is 21.2. The van der Waals surface area contributed by atoms with E-state index in [1.54, 1.807) is 0 Å². The molecule has 31 heavy (non-hydrogen) atoms. The Morgan fingerprint density at radius 2 is 1.35 bits per heavy atom. The number of hydrogen-bond donors (Lipinski definition) is 2. The van der Waals surface area contributed by atoms with E-state index >= 15 is 0 Å². The smallest absolute Gasteiger partial charge is 0.248 e. The molecule has 0 aliphatic carbocycles. The third kappa shape index (κ3) is 5.57. The molecule has 5 nitrogen and oxygen atoms in total. The Bertz CT molecular complexity index is 908. The van der Waals surface area contributed by atoms with E-state index in [9.17, 15) is 0 Å². The van der Waals surface area contributed by atoms with E-state index in [4.69, 9.17) is 4.52 Å². The molecule has 0 radical (unpaired) electrons. The van der Waals surface area contributed by atoms with Crippen molar-refractivity contribution in [1.82, 2.24) is 5.32 Å². The SMILES string of the molecule is C=C(NC[C@@H](C)OP1N(c2ccccc2)CCN1c1ccccc1)Nc1ccccc1. The molecule has 160 valence electrons. The van der Waals surface area contributed by atoms with Crippen molar-refractivity contribution in [1.29, 1.82) is 0 Å². The highest BCUT2D eigenvalue weighted by Crippen LogP contribution is 2.54. The lowest BCUT2D eigenvalue weighted by Crippen LogP contribution is -2.30. The van der Waals surface area contributed by atoms with E-state index in [0.717, 1.165) is 24.6 Å². The maximum absolute atomic E-state index is 6.63. The lowest BCUT2D eigenvalue weighted by molar-refractivity contribution is 0.246. The van der Waals surface area contributed by atoms with Crippen LogP contribution in [0.5, 0.6) is 0 Å². The molecule has 6 heteroatoms. The predicted octanol–water partition coefficient (Wildman–Crippen LogP) is 5.82. The second-order valence-corrected chi connectivity index (χ2v) is 9.12. The third-order valence-electron chi connectivity index (χ3n) is 4.99. The molecule has 0 saturated carbocycles. The Balaban J connectivity index is 1.41. The average Bonchev–Trinajstić information content (AvgIpc) is 3.23. The van der Waals surface area contributed by atoms with Crippen LogP contribution in [0.15, 0.2) is 103 Å². The summed E-state index contributed by atoms with van der Waals surface area (Å²) in [5.41, 5.74) is 3.41. The maximum Gasteiger partial charge on any atom is 0.248 e. The number of nitrogens with zero attached hydrogens (tertiary/aromatic N) is 2. The summed E-state index contributed by atoms with van der Waals surface area (Å²) in [6.07, 6.45) is 0.0101. The first-order valence-corrected chi connectivity index (χ1v) is 11.7. The van der Waals surface area contributed by atoms with Crippen LogP contribution in [0.3, 0.4) is 0 Å². The number of nitrogens with one attached hydrogen (secondary N) is 2. The number of benzene rings is 3. The van der Waals surface area contributed by atoms with Gasteiger partial charge in [-0.15, -0.1) is 0 Å². The Labute approximate surface area is 186 Å². The van der Waals surface area contributed by atoms with Crippen LogP contribution in [-0.2, 0) is 4.52 Å². The van der Waals surface area contributed by atoms with E-state index in [2.05, 4.69) is 94.1 Å². The van der Waals surface area contributed by atoms with Crippen molar-refractivity contribution in [2.75, 3.05) is 34.3 Å². The number of anilines is 3. The molecule has 0 amide bonds. The molecular weight excluding hydrogens is 403 g/mol. The topological polar surface area (TPSA) is 39.8 Å². The molecule has 3 aromatic rings. The monoisotopic (exact) mass is 432 g/mol. The summed E-state index contributed by atoms with van der Waals surface area (Å²) >= 11 is 0. The van der Waals surface area contributed by atoms with Crippen LogP contribution < -0.4 is 20.0 Å². The van der Waals surface area contributed by atoms with E-state index in [1.807, 2.05) is 30.3 Å². The van der Waals surface area contributed by atoms with Gasteiger partial charge in [-0.05, 0) is 43.3 Å². The molecule has 1 atom stereocenters. The van der Waals surface area contributed by atoms with E-state index < -0.39 is 8.45 Å². The van der Waals surface area contributed by atoms with Gasteiger partial charge in [0.25, 0.3) is 0 Å². The van der Waals surface area contributed by atoms with Gasteiger partial charge in [0.05, 0.1) is 11.9 Å². The molecule has 2 N–H and O–H groups in total. The highest BCUT2D eigenvalue weighted by atomic mass is 31.2. The zero-order chi connectivity index (χ0) is 21.5. The molecule has 0 spiro atoms. The molecule has 0 unspecified atom stereocenters. The van der Waals surface area contributed by atoms with Crippen LogP contribution in [0.4, 0.5) is 17.1 Å². The molecule has 1 aliphatic heterocycles. The van der Waals surface area contributed by atoms with Gasteiger partial charge in [-0.2, -0.15) is 0 Å². The van der Waals surface area contributed by atoms with Crippen molar-refractivity contribution in [2.24, 2.45) is 0 Å². The Morgan fingerprint density at radius 3 is 1.87 bits per heavy atom. The number of rotatable bonds is 9. The van der Waals surface area contributed by atoms with Crippen molar-refractivity contribution in [3.05, 3.63) is 103 Å². The van der Waals surface area contributed by atoms with Crippen molar-refractivity contribution in [3.8, 4) is 0 Å². The fourth-order valence-corrected chi connectivity index (χ4v) is 5.53. The lowest BCUT2D eigenvalue weighted by Gasteiger charge is -2.33. The Hall–Kier alpha value is -3.01. The molecule has 1 fully saturated rings. The highest BCUT2D eigenvalue weighted by Gasteiger charge is 2.36. The zero-order valence-corrected chi connectivity index (χ0v) is 18.7. The summed E-state index contributed by atoms with van der Waals surface area (Å²) in [7, 11) is -0.966. The second kappa shape index (κ2) is 10.3. The minimum Gasteiger partial charge on any atom is -0.370 e. The molecule has 4 rings (SSSR count). The third-order valence-corrected chi connectivity index (χ3v) is 7.23. The normalized spacial score (nSPS) is 15.0. The van der Waals surface area contributed by atoms with Crippen molar-refractivity contribution in [3.63, 3.8) is 0 Å². The van der Waals surface area contributed by atoms with Crippen LogP contribution in [0.1, 0.15) is 6.92 Å². The zero-order valence-electron chi connectivity index (χ0n) is 17.8. The van der Waals surface area contributed by atoms with Gasteiger partial charge < -0.3 is 24.5 Å². The Kier molecular flexibility index (Phi) is 7.08. The molecule has 1 heterocycles. The summed E-state index contributed by atoms with van der Waals surface area (Å²) in [5.74, 6) is 0.765. The van der Waals surface area contributed by atoms with E-state index in [0.29, 0.717) is 6.54 Å². The van der Waals surface area contributed by atoms with Crippen molar-refractivity contribution in [2.45, 2.75) is 13.0 Å². The first-order chi connectivity index (χ1) is 15.2. The van der Waals surface area contributed by atoms with E-state index in [1.165, 1.54) is 11.4 Å². The van der Waals surface area contributed by atoms with Gasteiger partial charge in [0.1, 0.15) is 0 Å². The fraction of sp³-hybridized carbons (Fsp3) is 0.200. The maximum atomic E-state index is 6.63. The average molecular weight is 433 g/mol. The minimum atomic E-state index is -0.966. The van der Waals surface area contributed by atoms with Gasteiger partial charge in [-0.25, -0.2) is 0 Å². The molecule has 0 bridgehead atoms. The standard InChI is InChI=1S/C25H29N4OP/c1-21(20-26-22(2)27-23-12-6-3-7-13-23)30-31-28(24-14-8-4-9-15-24)18-19-29(31)25-16-10-5-11-17-25/h3-17,21,26-27H,2,18-20H2,1H3/t21-/m1/s1. The molecule has 1 saturated heterocycles. The summed E-state index contributed by atoms with van der Waals surface area (Å²) in [4.78, 5) is 0. The number of hydrogen-bond acceptors (Lipinski definition) is 5. The van der Waals surface area contributed by atoms with Gasteiger partial charge in [-0.1, -0.05) is 61.2 Å². The van der Waals surface area contributed by atoms with Crippen LogP contribution >= 0.6 is 8.45 Å².